The van der Waals surface area contributed by atoms with Gasteiger partial charge in [0.2, 0.25) is 0 Å². The Balaban J connectivity index is 1.64. The molecule has 0 unspecified atom stereocenters. The van der Waals surface area contributed by atoms with Gasteiger partial charge in [-0.15, -0.1) is 5.10 Å². The van der Waals surface area contributed by atoms with Crippen molar-refractivity contribution < 1.29 is 4.39 Å². The van der Waals surface area contributed by atoms with Crippen molar-refractivity contribution in [1.82, 2.24) is 24.5 Å². The molecule has 0 radical (unpaired) electrons. The molecule has 0 spiro atoms. The monoisotopic (exact) mass is 344 g/mol. The average Bonchev–Trinajstić information content (AvgIpc) is 3.36. The van der Waals surface area contributed by atoms with E-state index in [1.807, 2.05) is 36.4 Å². The maximum absolute atomic E-state index is 14.5. The van der Waals surface area contributed by atoms with Crippen molar-refractivity contribution in [1.29, 1.82) is 5.26 Å². The van der Waals surface area contributed by atoms with Crippen LogP contribution in [0, 0.1) is 11.3 Å². The summed E-state index contributed by atoms with van der Waals surface area (Å²) < 4.78 is 17.7. The lowest BCUT2D eigenvalue weighted by molar-refractivity contribution is 0.328. The van der Waals surface area contributed by atoms with Gasteiger partial charge in [0.1, 0.15) is 0 Å². The maximum atomic E-state index is 14.5. The summed E-state index contributed by atoms with van der Waals surface area (Å²) in [7, 11) is 0. The van der Waals surface area contributed by atoms with Crippen LogP contribution in [-0.2, 0) is 0 Å². The molecule has 7 heteroatoms. The summed E-state index contributed by atoms with van der Waals surface area (Å²) in [5.74, 6) is 0.627. The number of nitrogens with zero attached hydrogens (tertiary/aromatic N) is 6. The SMILES string of the molecule is N#Cc1cccc2c1cnn2-c1nc2n(n1)[C@H](c1ccccc1)C[C@@H]2F. The van der Waals surface area contributed by atoms with Crippen LogP contribution in [0.15, 0.2) is 54.7 Å². The highest BCUT2D eigenvalue weighted by Crippen LogP contribution is 2.39. The van der Waals surface area contributed by atoms with Gasteiger partial charge in [0.15, 0.2) is 12.0 Å². The van der Waals surface area contributed by atoms with Crippen molar-refractivity contribution in [2.75, 3.05) is 0 Å². The molecule has 3 heterocycles. The Labute approximate surface area is 148 Å². The fourth-order valence-corrected chi connectivity index (χ4v) is 3.52. The fraction of sp³-hybridized carbons (Fsp3) is 0.158. The molecule has 0 saturated carbocycles. The van der Waals surface area contributed by atoms with Crippen molar-refractivity contribution in [3.05, 3.63) is 71.7 Å². The van der Waals surface area contributed by atoms with Gasteiger partial charge in [-0.25, -0.2) is 9.07 Å². The Kier molecular flexibility index (Phi) is 3.12. The summed E-state index contributed by atoms with van der Waals surface area (Å²) >= 11 is 0. The van der Waals surface area contributed by atoms with Crippen molar-refractivity contribution >= 4 is 10.9 Å². The van der Waals surface area contributed by atoms with Gasteiger partial charge in [0.05, 0.1) is 29.4 Å². The van der Waals surface area contributed by atoms with E-state index in [0.717, 1.165) is 16.5 Å². The zero-order valence-corrected chi connectivity index (χ0v) is 13.6. The van der Waals surface area contributed by atoms with Crippen LogP contribution >= 0.6 is 0 Å². The van der Waals surface area contributed by atoms with Crippen LogP contribution in [0.2, 0.25) is 0 Å². The largest absolute Gasteiger partial charge is 0.270 e. The molecule has 1 aliphatic heterocycles. The topological polar surface area (TPSA) is 72.3 Å². The molecule has 2 aromatic heterocycles. The average molecular weight is 344 g/mol. The molecule has 2 aromatic carbocycles. The van der Waals surface area contributed by atoms with E-state index in [9.17, 15) is 9.65 Å². The second-order valence-corrected chi connectivity index (χ2v) is 6.25. The Morgan fingerprint density at radius 3 is 2.77 bits per heavy atom. The molecule has 26 heavy (non-hydrogen) atoms. The number of benzene rings is 2. The molecule has 2 atom stereocenters. The highest BCUT2D eigenvalue weighted by Gasteiger charge is 2.35. The highest BCUT2D eigenvalue weighted by molar-refractivity contribution is 5.85. The first kappa shape index (κ1) is 14.8. The lowest BCUT2D eigenvalue weighted by atomic mass is 10.0. The maximum Gasteiger partial charge on any atom is 0.270 e. The quantitative estimate of drug-likeness (QED) is 0.558. The molecule has 0 saturated heterocycles. The summed E-state index contributed by atoms with van der Waals surface area (Å²) in [5, 5.41) is 18.8. The number of nitriles is 1. The van der Waals surface area contributed by atoms with Crippen LogP contribution in [0.3, 0.4) is 0 Å². The standard InChI is InChI=1S/C19H13FN6/c20-15-9-17(12-5-2-1-3-6-12)25-18(15)23-19(24-25)26-16-8-4-7-13(10-21)14(16)11-22-26/h1-8,11,15,17H,9H2/t15-,17-/m0/s1. The van der Waals surface area contributed by atoms with E-state index in [2.05, 4.69) is 21.3 Å². The number of halogens is 1. The van der Waals surface area contributed by atoms with E-state index in [-0.39, 0.29) is 6.04 Å². The molecule has 1 aliphatic rings. The summed E-state index contributed by atoms with van der Waals surface area (Å²) in [4.78, 5) is 4.39. The highest BCUT2D eigenvalue weighted by atomic mass is 19.1. The van der Waals surface area contributed by atoms with Gasteiger partial charge >= 0.3 is 0 Å². The minimum atomic E-state index is -1.17. The second kappa shape index (κ2) is 5.49. The normalized spacial score (nSPS) is 18.8. The summed E-state index contributed by atoms with van der Waals surface area (Å²) in [5.41, 5.74) is 2.26. The minimum Gasteiger partial charge on any atom is -0.239 e. The molecule has 6 nitrogen and oxygen atoms in total. The zero-order valence-electron chi connectivity index (χ0n) is 13.6. The van der Waals surface area contributed by atoms with E-state index in [4.69, 9.17) is 0 Å². The van der Waals surface area contributed by atoms with Crippen LogP contribution in [-0.4, -0.2) is 24.5 Å². The first-order chi connectivity index (χ1) is 12.8. The molecule has 0 amide bonds. The first-order valence-corrected chi connectivity index (χ1v) is 8.29. The third-order valence-electron chi connectivity index (χ3n) is 4.76. The van der Waals surface area contributed by atoms with E-state index in [1.165, 1.54) is 0 Å². The molecule has 0 aliphatic carbocycles. The van der Waals surface area contributed by atoms with Crippen molar-refractivity contribution in [2.24, 2.45) is 0 Å². The third-order valence-corrected chi connectivity index (χ3v) is 4.76. The lowest BCUT2D eigenvalue weighted by Gasteiger charge is -2.11. The second-order valence-electron chi connectivity index (χ2n) is 6.25. The fourth-order valence-electron chi connectivity index (χ4n) is 3.52. The van der Waals surface area contributed by atoms with Crippen molar-refractivity contribution in [3.63, 3.8) is 0 Å². The lowest BCUT2D eigenvalue weighted by Crippen LogP contribution is -2.08. The van der Waals surface area contributed by atoms with Crippen LogP contribution in [0.4, 0.5) is 4.39 Å². The van der Waals surface area contributed by atoms with Crippen molar-refractivity contribution in [2.45, 2.75) is 18.6 Å². The molecular weight excluding hydrogens is 331 g/mol. The number of hydrogen-bond donors (Lipinski definition) is 0. The van der Waals surface area contributed by atoms with Crippen molar-refractivity contribution in [3.8, 4) is 12.0 Å². The third kappa shape index (κ3) is 2.05. The number of aromatic nitrogens is 5. The molecule has 0 bridgehead atoms. The Morgan fingerprint density at radius 1 is 1.12 bits per heavy atom. The minimum absolute atomic E-state index is 0.182. The van der Waals surface area contributed by atoms with Gasteiger partial charge in [-0.2, -0.15) is 20.0 Å². The van der Waals surface area contributed by atoms with Gasteiger partial charge in [-0.3, -0.25) is 0 Å². The number of rotatable bonds is 2. The smallest absolute Gasteiger partial charge is 0.239 e. The van der Waals surface area contributed by atoms with Crippen LogP contribution in [0.1, 0.15) is 35.6 Å². The summed E-state index contributed by atoms with van der Waals surface area (Å²) in [6, 6.07) is 17.1. The Morgan fingerprint density at radius 2 is 1.96 bits per heavy atom. The summed E-state index contributed by atoms with van der Waals surface area (Å²) in [6.07, 6.45) is 0.776. The molecular formula is C19H13FN6. The zero-order chi connectivity index (χ0) is 17.7. The molecule has 5 rings (SSSR count). The molecule has 0 N–H and O–H groups in total. The predicted octanol–water partition coefficient (Wildman–Crippen LogP) is 3.49. The Hall–Kier alpha value is -3.53. The summed E-state index contributed by atoms with van der Waals surface area (Å²) in [6.45, 7) is 0. The van der Waals surface area contributed by atoms with Gasteiger partial charge in [-0.1, -0.05) is 36.4 Å². The molecule has 126 valence electrons. The van der Waals surface area contributed by atoms with Gasteiger partial charge in [0.25, 0.3) is 5.95 Å². The van der Waals surface area contributed by atoms with E-state index < -0.39 is 6.17 Å². The number of hydrogen-bond acceptors (Lipinski definition) is 4. The van der Waals surface area contributed by atoms with Crippen LogP contribution in [0.5, 0.6) is 0 Å². The van der Waals surface area contributed by atoms with Gasteiger partial charge in [0, 0.05) is 11.8 Å². The predicted molar refractivity (Wildman–Crippen MR) is 92.4 cm³/mol. The number of fused-ring (bicyclic) bond motifs is 2. The van der Waals surface area contributed by atoms with E-state index in [1.54, 1.807) is 27.7 Å². The number of alkyl halides is 1. The van der Waals surface area contributed by atoms with Crippen LogP contribution in [0.25, 0.3) is 16.9 Å². The van der Waals surface area contributed by atoms with Crippen LogP contribution < -0.4 is 0 Å². The Bertz CT molecular complexity index is 1150. The molecule has 0 fully saturated rings. The van der Waals surface area contributed by atoms with Gasteiger partial charge in [-0.05, 0) is 17.7 Å². The van der Waals surface area contributed by atoms with Gasteiger partial charge < -0.3 is 0 Å². The van der Waals surface area contributed by atoms with E-state index in [0.29, 0.717) is 23.8 Å². The van der Waals surface area contributed by atoms with E-state index >= 15 is 0 Å². The first-order valence-electron chi connectivity index (χ1n) is 8.29. The molecule has 4 aromatic rings.